The number of thiophene rings is 1. The van der Waals surface area contributed by atoms with Crippen LogP contribution in [-0.2, 0) is 10.3 Å². The van der Waals surface area contributed by atoms with Gasteiger partial charge < -0.3 is 9.84 Å². The zero-order valence-corrected chi connectivity index (χ0v) is 11.9. The second-order valence-electron chi connectivity index (χ2n) is 4.33. The van der Waals surface area contributed by atoms with Gasteiger partial charge in [0.25, 0.3) is 0 Å². The fourth-order valence-corrected chi connectivity index (χ4v) is 3.70. The first kappa shape index (κ1) is 13.3. The summed E-state index contributed by atoms with van der Waals surface area (Å²) in [6.07, 6.45) is -0.348. The fraction of sp³-hybridized carbons (Fsp3) is 0.231. The highest BCUT2D eigenvalue weighted by atomic mass is 35.5. The zero-order valence-electron chi connectivity index (χ0n) is 9.57. The molecule has 2 aromatic rings. The van der Waals surface area contributed by atoms with Gasteiger partial charge >= 0.3 is 0 Å². The monoisotopic (exact) mass is 318 g/mol. The largest absolute Gasteiger partial charge is 0.393 e. The first-order valence-electron chi connectivity index (χ1n) is 5.56. The number of hydrogen-bond acceptors (Lipinski definition) is 3. The van der Waals surface area contributed by atoms with Crippen LogP contribution >= 0.6 is 34.5 Å². The Morgan fingerprint density at radius 3 is 2.53 bits per heavy atom. The predicted molar refractivity (Wildman–Crippen MR) is 73.3 cm³/mol. The van der Waals surface area contributed by atoms with E-state index >= 15 is 0 Å². The molecule has 19 heavy (non-hydrogen) atoms. The van der Waals surface area contributed by atoms with Gasteiger partial charge in [-0.3, -0.25) is 0 Å². The molecule has 1 N–H and O–H groups in total. The zero-order chi connectivity index (χ0) is 13.6. The van der Waals surface area contributed by atoms with Gasteiger partial charge in [0.15, 0.2) is 0 Å². The molecule has 0 amide bonds. The number of epoxide rings is 1. The van der Waals surface area contributed by atoms with Crippen LogP contribution in [0, 0.1) is 5.82 Å². The first-order chi connectivity index (χ1) is 9.06. The number of ether oxygens (including phenoxy) is 1. The van der Waals surface area contributed by atoms with Crippen molar-refractivity contribution in [2.24, 2.45) is 0 Å². The molecule has 0 radical (unpaired) electrons. The van der Waals surface area contributed by atoms with E-state index < -0.39 is 5.60 Å². The number of rotatable bonds is 3. The Morgan fingerprint density at radius 2 is 2.00 bits per heavy atom. The molecule has 1 aliphatic heterocycles. The highest BCUT2D eigenvalue weighted by molar-refractivity contribution is 7.20. The predicted octanol–water partition coefficient (Wildman–Crippen LogP) is 4.15. The second-order valence-corrected chi connectivity index (χ2v) is 6.62. The van der Waals surface area contributed by atoms with E-state index in [1.54, 1.807) is 18.2 Å². The van der Waals surface area contributed by atoms with Crippen molar-refractivity contribution in [3.05, 3.63) is 55.9 Å². The van der Waals surface area contributed by atoms with Crippen molar-refractivity contribution >= 4 is 34.5 Å². The maximum Gasteiger partial charge on any atom is 0.147 e. The lowest BCUT2D eigenvalue weighted by atomic mass is 9.93. The number of halogens is 3. The summed E-state index contributed by atoms with van der Waals surface area (Å²) < 4.78 is 19.7. The summed E-state index contributed by atoms with van der Waals surface area (Å²) in [6.45, 7) is -0.201. The van der Waals surface area contributed by atoms with E-state index in [0.717, 1.165) is 11.1 Å². The average molecular weight is 319 g/mol. The minimum Gasteiger partial charge on any atom is -0.393 e. The topological polar surface area (TPSA) is 32.8 Å². The molecule has 2 heterocycles. The standard InChI is InChI=1S/C13H9Cl2FO2S/c14-10-5-9(12(15)19-10)11-13(6-17,18-11)7-1-3-8(16)4-2-7/h1-5,11,17H,6H2. The molecule has 0 saturated carbocycles. The summed E-state index contributed by atoms with van der Waals surface area (Å²) in [4.78, 5) is 0. The van der Waals surface area contributed by atoms with E-state index in [4.69, 9.17) is 27.9 Å². The van der Waals surface area contributed by atoms with Gasteiger partial charge in [-0.1, -0.05) is 35.3 Å². The number of benzene rings is 1. The van der Waals surface area contributed by atoms with E-state index in [-0.39, 0.29) is 18.5 Å². The van der Waals surface area contributed by atoms with Gasteiger partial charge in [0.05, 0.1) is 10.9 Å². The van der Waals surface area contributed by atoms with Crippen molar-refractivity contribution in [2.75, 3.05) is 6.61 Å². The molecule has 2 atom stereocenters. The molecule has 2 nitrogen and oxygen atoms in total. The smallest absolute Gasteiger partial charge is 0.147 e. The van der Waals surface area contributed by atoms with Crippen molar-refractivity contribution in [3.63, 3.8) is 0 Å². The SMILES string of the molecule is OCC1(c2ccc(F)cc2)OC1c1cc(Cl)sc1Cl. The quantitative estimate of drug-likeness (QED) is 0.862. The maximum absolute atomic E-state index is 12.9. The molecule has 1 fully saturated rings. The Balaban J connectivity index is 1.96. The van der Waals surface area contributed by atoms with E-state index in [9.17, 15) is 9.50 Å². The van der Waals surface area contributed by atoms with Crippen molar-refractivity contribution in [1.29, 1.82) is 0 Å². The Hall–Kier alpha value is -0.650. The van der Waals surface area contributed by atoms with Crippen LogP contribution in [-0.4, -0.2) is 11.7 Å². The van der Waals surface area contributed by atoms with E-state index in [1.807, 2.05) is 0 Å². The molecular formula is C13H9Cl2FO2S. The van der Waals surface area contributed by atoms with Crippen LogP contribution in [0.2, 0.25) is 8.67 Å². The minimum atomic E-state index is -0.845. The Kier molecular flexibility index (Phi) is 3.31. The Labute approximate surface area is 123 Å². The molecule has 100 valence electrons. The molecule has 1 aromatic carbocycles. The molecular weight excluding hydrogens is 310 g/mol. The minimum absolute atomic E-state index is 0.201. The summed E-state index contributed by atoms with van der Waals surface area (Å²) in [5, 5.41) is 9.62. The van der Waals surface area contributed by atoms with Crippen molar-refractivity contribution in [3.8, 4) is 0 Å². The van der Waals surface area contributed by atoms with Crippen LogP contribution in [0.4, 0.5) is 4.39 Å². The number of hydrogen-bond donors (Lipinski definition) is 1. The third-order valence-corrected chi connectivity index (χ3v) is 4.75. The Morgan fingerprint density at radius 1 is 1.32 bits per heavy atom. The molecule has 0 spiro atoms. The van der Waals surface area contributed by atoms with Crippen molar-refractivity contribution in [1.82, 2.24) is 0 Å². The third-order valence-electron chi connectivity index (χ3n) is 3.23. The van der Waals surface area contributed by atoms with Crippen LogP contribution in [0.25, 0.3) is 0 Å². The van der Waals surface area contributed by atoms with Crippen LogP contribution in [0.1, 0.15) is 17.2 Å². The summed E-state index contributed by atoms with van der Waals surface area (Å²) >= 11 is 13.3. The van der Waals surface area contributed by atoms with Gasteiger partial charge in [0.2, 0.25) is 0 Å². The molecule has 1 aliphatic rings. The lowest BCUT2D eigenvalue weighted by Crippen LogP contribution is -2.15. The average Bonchev–Trinajstić information content (AvgIpc) is 3.03. The van der Waals surface area contributed by atoms with Gasteiger partial charge in [0, 0.05) is 5.56 Å². The van der Waals surface area contributed by atoms with Gasteiger partial charge in [-0.15, -0.1) is 11.3 Å². The summed E-state index contributed by atoms with van der Waals surface area (Å²) in [7, 11) is 0. The van der Waals surface area contributed by atoms with Gasteiger partial charge in [-0.2, -0.15) is 0 Å². The summed E-state index contributed by atoms with van der Waals surface area (Å²) in [5.41, 5.74) is 0.636. The Bertz CT molecular complexity index is 614. The van der Waals surface area contributed by atoms with Crippen molar-refractivity contribution in [2.45, 2.75) is 11.7 Å². The van der Waals surface area contributed by atoms with Crippen LogP contribution < -0.4 is 0 Å². The van der Waals surface area contributed by atoms with E-state index in [1.165, 1.54) is 23.5 Å². The molecule has 3 rings (SSSR count). The lowest BCUT2D eigenvalue weighted by Gasteiger charge is -2.09. The molecule has 2 unspecified atom stereocenters. The van der Waals surface area contributed by atoms with Crippen molar-refractivity contribution < 1.29 is 14.2 Å². The molecule has 0 bridgehead atoms. The lowest BCUT2D eigenvalue weighted by molar-refractivity contribution is 0.172. The highest BCUT2D eigenvalue weighted by Gasteiger charge is 2.59. The fourth-order valence-electron chi connectivity index (χ4n) is 2.19. The first-order valence-corrected chi connectivity index (χ1v) is 7.13. The van der Waals surface area contributed by atoms with Gasteiger partial charge in [0.1, 0.15) is 21.9 Å². The number of aliphatic hydroxyl groups excluding tert-OH is 1. The second kappa shape index (κ2) is 4.72. The van der Waals surface area contributed by atoms with E-state index in [0.29, 0.717) is 8.67 Å². The molecule has 1 saturated heterocycles. The summed E-state index contributed by atoms with van der Waals surface area (Å²) in [6, 6.07) is 7.63. The number of aliphatic hydroxyl groups is 1. The van der Waals surface area contributed by atoms with Gasteiger partial charge in [-0.05, 0) is 23.8 Å². The van der Waals surface area contributed by atoms with E-state index in [2.05, 4.69) is 0 Å². The molecule has 1 aromatic heterocycles. The van der Waals surface area contributed by atoms with Crippen LogP contribution in [0.3, 0.4) is 0 Å². The third kappa shape index (κ3) is 2.18. The highest BCUT2D eigenvalue weighted by Crippen LogP contribution is 2.59. The van der Waals surface area contributed by atoms with Gasteiger partial charge in [-0.25, -0.2) is 4.39 Å². The maximum atomic E-state index is 12.9. The van der Waals surface area contributed by atoms with Crippen LogP contribution in [0.5, 0.6) is 0 Å². The van der Waals surface area contributed by atoms with Crippen LogP contribution in [0.15, 0.2) is 30.3 Å². The molecule has 0 aliphatic carbocycles. The molecule has 6 heteroatoms. The summed E-state index contributed by atoms with van der Waals surface area (Å²) in [5.74, 6) is -0.328. The normalized spacial score (nSPS) is 25.6.